The van der Waals surface area contributed by atoms with E-state index in [1.165, 1.54) is 16.7 Å². The number of rotatable bonds is 2. The van der Waals surface area contributed by atoms with E-state index in [0.29, 0.717) is 0 Å². The lowest BCUT2D eigenvalue weighted by molar-refractivity contribution is 1.12. The molecule has 0 unspecified atom stereocenters. The molecule has 0 atom stereocenters. The SMILES string of the molecule is CNc1nc(-c2c(C)cc(C)cc2C)ncc1C. The van der Waals surface area contributed by atoms with Gasteiger partial charge >= 0.3 is 0 Å². The highest BCUT2D eigenvalue weighted by Crippen LogP contribution is 2.26. The van der Waals surface area contributed by atoms with Crippen LogP contribution in [0.3, 0.4) is 0 Å². The van der Waals surface area contributed by atoms with E-state index in [1.54, 1.807) is 0 Å². The summed E-state index contributed by atoms with van der Waals surface area (Å²) in [5.41, 5.74) is 5.91. The Kier molecular flexibility index (Phi) is 3.32. The molecule has 2 rings (SSSR count). The lowest BCUT2D eigenvalue weighted by atomic mass is 9.99. The molecule has 2 aromatic rings. The Balaban J connectivity index is 2.62. The van der Waals surface area contributed by atoms with Gasteiger partial charge in [0.25, 0.3) is 0 Å². The maximum absolute atomic E-state index is 4.59. The van der Waals surface area contributed by atoms with Crippen LogP contribution in [-0.2, 0) is 0 Å². The average molecular weight is 241 g/mol. The zero-order valence-corrected chi connectivity index (χ0v) is 11.6. The summed E-state index contributed by atoms with van der Waals surface area (Å²) < 4.78 is 0. The maximum Gasteiger partial charge on any atom is 0.162 e. The van der Waals surface area contributed by atoms with Gasteiger partial charge in [-0.2, -0.15) is 0 Å². The molecule has 0 saturated heterocycles. The van der Waals surface area contributed by atoms with Gasteiger partial charge in [-0.1, -0.05) is 17.7 Å². The Hall–Kier alpha value is -1.90. The number of hydrogen-bond acceptors (Lipinski definition) is 3. The van der Waals surface area contributed by atoms with Crippen molar-refractivity contribution in [3.8, 4) is 11.4 Å². The van der Waals surface area contributed by atoms with Crippen LogP contribution in [0.1, 0.15) is 22.3 Å². The van der Waals surface area contributed by atoms with Gasteiger partial charge in [-0.05, 0) is 38.8 Å². The average Bonchev–Trinajstić information content (AvgIpc) is 2.30. The summed E-state index contributed by atoms with van der Waals surface area (Å²) in [7, 11) is 1.88. The van der Waals surface area contributed by atoms with E-state index in [1.807, 2.05) is 20.2 Å². The zero-order chi connectivity index (χ0) is 13.3. The first-order chi connectivity index (χ1) is 8.52. The minimum Gasteiger partial charge on any atom is -0.373 e. The van der Waals surface area contributed by atoms with Crippen molar-refractivity contribution in [2.24, 2.45) is 0 Å². The van der Waals surface area contributed by atoms with E-state index in [2.05, 4.69) is 48.2 Å². The summed E-state index contributed by atoms with van der Waals surface area (Å²) in [6.45, 7) is 8.33. The summed E-state index contributed by atoms with van der Waals surface area (Å²) in [6, 6.07) is 4.34. The van der Waals surface area contributed by atoms with Gasteiger partial charge in [0.15, 0.2) is 5.82 Å². The third kappa shape index (κ3) is 2.21. The van der Waals surface area contributed by atoms with Crippen molar-refractivity contribution in [1.29, 1.82) is 0 Å². The highest BCUT2D eigenvalue weighted by atomic mass is 15.0. The Bertz CT molecular complexity index is 565. The molecule has 1 heterocycles. The summed E-state index contributed by atoms with van der Waals surface area (Å²) in [5, 5.41) is 3.10. The van der Waals surface area contributed by atoms with Crippen LogP contribution in [0.15, 0.2) is 18.3 Å². The van der Waals surface area contributed by atoms with Gasteiger partial charge in [-0.3, -0.25) is 0 Å². The molecule has 3 nitrogen and oxygen atoms in total. The standard InChI is InChI=1S/C15H19N3/c1-9-6-10(2)13(11(3)7-9)15-17-8-12(4)14(16-5)18-15/h6-8H,1-5H3,(H,16,17,18). The second-order valence-corrected chi connectivity index (χ2v) is 4.75. The Labute approximate surface area is 108 Å². The first-order valence-corrected chi connectivity index (χ1v) is 6.12. The summed E-state index contributed by atoms with van der Waals surface area (Å²) in [6.07, 6.45) is 1.87. The number of anilines is 1. The molecule has 1 aromatic heterocycles. The van der Waals surface area contributed by atoms with Gasteiger partial charge in [0.1, 0.15) is 5.82 Å². The van der Waals surface area contributed by atoms with Crippen LogP contribution in [-0.4, -0.2) is 17.0 Å². The monoisotopic (exact) mass is 241 g/mol. The van der Waals surface area contributed by atoms with Crippen LogP contribution in [0.5, 0.6) is 0 Å². The normalized spacial score (nSPS) is 10.5. The molecule has 0 bridgehead atoms. The van der Waals surface area contributed by atoms with Crippen molar-refractivity contribution in [3.05, 3.63) is 40.6 Å². The highest BCUT2D eigenvalue weighted by Gasteiger charge is 2.11. The lowest BCUT2D eigenvalue weighted by Gasteiger charge is -2.12. The molecule has 0 aliphatic heterocycles. The summed E-state index contributed by atoms with van der Waals surface area (Å²) >= 11 is 0. The van der Waals surface area contributed by atoms with Crippen LogP contribution in [0.25, 0.3) is 11.4 Å². The molecule has 1 aromatic carbocycles. The first-order valence-electron chi connectivity index (χ1n) is 6.12. The van der Waals surface area contributed by atoms with Crippen LogP contribution < -0.4 is 5.32 Å². The summed E-state index contributed by atoms with van der Waals surface area (Å²) in [4.78, 5) is 9.05. The minimum atomic E-state index is 0.792. The number of aryl methyl sites for hydroxylation is 4. The minimum absolute atomic E-state index is 0.792. The Morgan fingerprint density at radius 1 is 0.944 bits per heavy atom. The third-order valence-corrected chi connectivity index (χ3v) is 3.11. The molecule has 1 N–H and O–H groups in total. The number of nitrogens with zero attached hydrogens (tertiary/aromatic N) is 2. The first kappa shape index (κ1) is 12.6. The smallest absolute Gasteiger partial charge is 0.162 e. The molecular formula is C15H19N3. The fraction of sp³-hybridized carbons (Fsp3) is 0.333. The van der Waals surface area contributed by atoms with Crippen molar-refractivity contribution in [2.45, 2.75) is 27.7 Å². The van der Waals surface area contributed by atoms with Gasteiger partial charge < -0.3 is 5.32 Å². The molecular weight excluding hydrogens is 222 g/mol. The van der Waals surface area contributed by atoms with E-state index in [-0.39, 0.29) is 0 Å². The van der Waals surface area contributed by atoms with E-state index < -0.39 is 0 Å². The fourth-order valence-corrected chi connectivity index (χ4v) is 2.35. The predicted octanol–water partition coefficient (Wildman–Crippen LogP) is 3.42. The zero-order valence-electron chi connectivity index (χ0n) is 11.6. The number of aromatic nitrogens is 2. The van der Waals surface area contributed by atoms with Crippen molar-refractivity contribution in [3.63, 3.8) is 0 Å². The molecule has 94 valence electrons. The molecule has 0 amide bonds. The molecule has 0 saturated carbocycles. The number of nitrogens with one attached hydrogen (secondary N) is 1. The molecule has 0 fully saturated rings. The molecule has 18 heavy (non-hydrogen) atoms. The van der Waals surface area contributed by atoms with E-state index in [4.69, 9.17) is 0 Å². The van der Waals surface area contributed by atoms with Crippen LogP contribution in [0.2, 0.25) is 0 Å². The third-order valence-electron chi connectivity index (χ3n) is 3.11. The van der Waals surface area contributed by atoms with Crippen LogP contribution in [0, 0.1) is 27.7 Å². The maximum atomic E-state index is 4.59. The van der Waals surface area contributed by atoms with Gasteiger partial charge in [-0.25, -0.2) is 9.97 Å². The molecule has 0 radical (unpaired) electrons. The van der Waals surface area contributed by atoms with Gasteiger partial charge in [-0.15, -0.1) is 0 Å². The topological polar surface area (TPSA) is 37.8 Å². The molecule has 0 spiro atoms. The largest absolute Gasteiger partial charge is 0.373 e. The lowest BCUT2D eigenvalue weighted by Crippen LogP contribution is -2.01. The van der Waals surface area contributed by atoms with Crippen molar-refractivity contribution in [2.75, 3.05) is 12.4 Å². The fourth-order valence-electron chi connectivity index (χ4n) is 2.35. The van der Waals surface area contributed by atoms with Gasteiger partial charge in [0, 0.05) is 24.4 Å². The highest BCUT2D eigenvalue weighted by molar-refractivity contribution is 5.66. The second-order valence-electron chi connectivity index (χ2n) is 4.75. The Morgan fingerprint density at radius 3 is 2.11 bits per heavy atom. The molecule has 0 aliphatic rings. The van der Waals surface area contributed by atoms with Crippen molar-refractivity contribution in [1.82, 2.24) is 9.97 Å². The van der Waals surface area contributed by atoms with Gasteiger partial charge in [0.2, 0.25) is 0 Å². The van der Waals surface area contributed by atoms with Crippen molar-refractivity contribution < 1.29 is 0 Å². The molecule has 3 heteroatoms. The van der Waals surface area contributed by atoms with Crippen LogP contribution >= 0.6 is 0 Å². The van der Waals surface area contributed by atoms with E-state index >= 15 is 0 Å². The van der Waals surface area contributed by atoms with E-state index in [0.717, 1.165) is 22.8 Å². The number of hydrogen-bond donors (Lipinski definition) is 1. The quantitative estimate of drug-likeness (QED) is 0.875. The second kappa shape index (κ2) is 4.77. The Morgan fingerprint density at radius 2 is 1.56 bits per heavy atom. The molecule has 0 aliphatic carbocycles. The van der Waals surface area contributed by atoms with E-state index in [9.17, 15) is 0 Å². The number of benzene rings is 1. The predicted molar refractivity (Wildman–Crippen MR) is 76.0 cm³/mol. The summed E-state index contributed by atoms with van der Waals surface area (Å²) in [5.74, 6) is 1.68. The van der Waals surface area contributed by atoms with Crippen molar-refractivity contribution >= 4 is 5.82 Å². The van der Waals surface area contributed by atoms with Gasteiger partial charge in [0.05, 0.1) is 0 Å². The van der Waals surface area contributed by atoms with Crippen LogP contribution in [0.4, 0.5) is 5.82 Å².